The zero-order chi connectivity index (χ0) is 16.7. The zero-order valence-corrected chi connectivity index (χ0v) is 14.2. The van der Waals surface area contributed by atoms with E-state index in [0.717, 1.165) is 37.4 Å². The van der Waals surface area contributed by atoms with Gasteiger partial charge >= 0.3 is 0 Å². The van der Waals surface area contributed by atoms with Crippen LogP contribution in [-0.2, 0) is 0 Å². The number of fused-ring (bicyclic) bond motifs is 1. The second-order valence-corrected chi connectivity index (χ2v) is 7.38. The van der Waals surface area contributed by atoms with Gasteiger partial charge < -0.3 is 10.0 Å². The summed E-state index contributed by atoms with van der Waals surface area (Å²) in [4.78, 5) is 6.32. The minimum atomic E-state index is -0.359. The lowest BCUT2D eigenvalue weighted by Gasteiger charge is -2.34. The molecule has 2 fully saturated rings. The molecule has 1 aliphatic carbocycles. The maximum Gasteiger partial charge on any atom is 0.151 e. The van der Waals surface area contributed by atoms with Crippen LogP contribution in [0.3, 0.4) is 0 Å². The highest BCUT2D eigenvalue weighted by Crippen LogP contribution is 2.41. The van der Waals surface area contributed by atoms with Gasteiger partial charge in [-0.15, -0.1) is 5.10 Å². The molecule has 4 atom stereocenters. The predicted molar refractivity (Wildman–Crippen MR) is 89.6 cm³/mol. The van der Waals surface area contributed by atoms with Crippen LogP contribution in [0.5, 0.6) is 0 Å². The van der Waals surface area contributed by atoms with Gasteiger partial charge in [0.25, 0.3) is 0 Å². The summed E-state index contributed by atoms with van der Waals surface area (Å²) in [7, 11) is 0. The number of aromatic nitrogens is 5. The van der Waals surface area contributed by atoms with Gasteiger partial charge in [0.15, 0.2) is 5.82 Å². The van der Waals surface area contributed by atoms with Gasteiger partial charge in [0.2, 0.25) is 0 Å². The van der Waals surface area contributed by atoms with Gasteiger partial charge in [0.1, 0.15) is 12.7 Å². The molecule has 2 aliphatic rings. The molecule has 0 aromatic carbocycles. The Bertz CT molecular complexity index is 671. The van der Waals surface area contributed by atoms with Crippen LogP contribution in [0.1, 0.15) is 44.3 Å². The fraction of sp³-hybridized carbons (Fsp3) is 0.647. The normalized spacial score (nSPS) is 29.9. The van der Waals surface area contributed by atoms with Crippen LogP contribution in [0.4, 0.5) is 5.82 Å². The van der Waals surface area contributed by atoms with Crippen LogP contribution < -0.4 is 4.90 Å². The smallest absolute Gasteiger partial charge is 0.151 e. The van der Waals surface area contributed by atoms with Crippen LogP contribution >= 0.6 is 0 Å². The first-order valence-corrected chi connectivity index (χ1v) is 8.72. The summed E-state index contributed by atoms with van der Waals surface area (Å²) >= 11 is 0. The molecule has 2 aromatic rings. The number of hydrogen-bond donors (Lipinski definition) is 1. The van der Waals surface area contributed by atoms with Gasteiger partial charge in [-0.25, -0.2) is 9.67 Å². The van der Waals surface area contributed by atoms with Crippen molar-refractivity contribution in [2.75, 3.05) is 18.0 Å². The molecule has 1 N–H and O–H groups in total. The third-order valence-electron chi connectivity index (χ3n) is 5.47. The van der Waals surface area contributed by atoms with E-state index in [-0.39, 0.29) is 12.1 Å². The molecule has 0 radical (unpaired) electrons. The van der Waals surface area contributed by atoms with Crippen LogP contribution in [0.2, 0.25) is 0 Å². The third-order valence-corrected chi connectivity index (χ3v) is 5.47. The molecule has 128 valence electrons. The van der Waals surface area contributed by atoms with Crippen molar-refractivity contribution in [3.8, 4) is 0 Å². The Morgan fingerprint density at radius 1 is 1.12 bits per heavy atom. The molecule has 3 heterocycles. The summed E-state index contributed by atoms with van der Waals surface area (Å²) in [5, 5.41) is 23.5. The number of aliphatic hydroxyl groups excluding tert-OH is 1. The second kappa shape index (κ2) is 6.12. The summed E-state index contributed by atoms with van der Waals surface area (Å²) in [5.41, 5.74) is 1.03. The molecule has 4 rings (SSSR count). The summed E-state index contributed by atoms with van der Waals surface area (Å²) in [6, 6.07) is 4.18. The summed E-state index contributed by atoms with van der Waals surface area (Å²) in [6.07, 6.45) is 4.62. The van der Waals surface area contributed by atoms with E-state index >= 15 is 0 Å². The summed E-state index contributed by atoms with van der Waals surface area (Å²) in [6.45, 7) is 6.17. The van der Waals surface area contributed by atoms with Crippen molar-refractivity contribution in [2.24, 2.45) is 11.8 Å². The Hall–Kier alpha value is -2.02. The number of nitrogens with zero attached hydrogens (tertiary/aromatic N) is 6. The summed E-state index contributed by atoms with van der Waals surface area (Å²) < 4.78 is 1.81. The molecule has 0 spiro atoms. The molecular formula is C17H24N6O. The number of anilines is 1. The maximum absolute atomic E-state index is 10.5. The molecule has 2 aromatic heterocycles. The van der Waals surface area contributed by atoms with Crippen LogP contribution in [0, 0.1) is 11.8 Å². The highest BCUT2D eigenvalue weighted by Gasteiger charge is 2.43. The van der Waals surface area contributed by atoms with E-state index in [0.29, 0.717) is 17.8 Å². The van der Waals surface area contributed by atoms with Crippen LogP contribution in [-0.4, -0.2) is 49.3 Å². The Balaban J connectivity index is 1.47. The van der Waals surface area contributed by atoms with Crippen molar-refractivity contribution in [2.45, 2.75) is 44.8 Å². The first kappa shape index (κ1) is 15.5. The average Bonchev–Trinajstić information content (AvgIpc) is 3.23. The topological polar surface area (TPSA) is 80.0 Å². The fourth-order valence-corrected chi connectivity index (χ4v) is 4.08. The predicted octanol–water partition coefficient (Wildman–Crippen LogP) is 1.64. The highest BCUT2D eigenvalue weighted by molar-refractivity contribution is 5.39. The van der Waals surface area contributed by atoms with Crippen molar-refractivity contribution >= 4 is 5.82 Å². The average molecular weight is 328 g/mol. The molecule has 1 aliphatic heterocycles. The second-order valence-electron chi connectivity index (χ2n) is 7.38. The zero-order valence-electron chi connectivity index (χ0n) is 14.2. The monoisotopic (exact) mass is 328 g/mol. The Morgan fingerprint density at radius 3 is 2.54 bits per heavy atom. The van der Waals surface area contributed by atoms with Gasteiger partial charge in [0, 0.05) is 13.1 Å². The number of aliphatic hydroxyl groups is 1. The fourth-order valence-electron chi connectivity index (χ4n) is 4.08. The van der Waals surface area contributed by atoms with Gasteiger partial charge in [-0.05, 0) is 42.7 Å². The largest absolute Gasteiger partial charge is 0.391 e. The van der Waals surface area contributed by atoms with Crippen molar-refractivity contribution in [1.29, 1.82) is 0 Å². The first-order chi connectivity index (χ1) is 11.6. The molecule has 7 heteroatoms. The van der Waals surface area contributed by atoms with Gasteiger partial charge in [-0.3, -0.25) is 0 Å². The van der Waals surface area contributed by atoms with Crippen LogP contribution in [0.15, 0.2) is 24.8 Å². The van der Waals surface area contributed by atoms with E-state index in [4.69, 9.17) is 0 Å². The van der Waals surface area contributed by atoms with Crippen molar-refractivity contribution in [1.82, 2.24) is 25.0 Å². The first-order valence-electron chi connectivity index (χ1n) is 8.72. The van der Waals surface area contributed by atoms with Gasteiger partial charge in [-0.2, -0.15) is 10.2 Å². The van der Waals surface area contributed by atoms with Gasteiger partial charge in [0.05, 0.1) is 17.8 Å². The Labute approximate surface area is 141 Å². The highest BCUT2D eigenvalue weighted by atomic mass is 16.3. The molecule has 0 unspecified atom stereocenters. The molecule has 7 nitrogen and oxygen atoms in total. The van der Waals surface area contributed by atoms with Crippen LogP contribution in [0.25, 0.3) is 0 Å². The SMILES string of the molecule is CC(C)c1ccc(N2C[C@H]3C[C@@H](n4cncn4)[C@H](O)C[C@H]3C2)nn1. The standard InChI is InChI=1S/C17H24N6O/c1-11(2)14-3-4-17(21-20-14)22-7-12-5-15(23-10-18-9-19-23)16(24)6-13(12)8-22/h3-4,9-13,15-16,24H,5-8H2,1-2H3/t12-,13+,15-,16-/m1/s1. The lowest BCUT2D eigenvalue weighted by Crippen LogP contribution is -2.36. The molecule has 1 saturated carbocycles. The minimum Gasteiger partial charge on any atom is -0.391 e. The Morgan fingerprint density at radius 2 is 1.92 bits per heavy atom. The lowest BCUT2D eigenvalue weighted by molar-refractivity contribution is 0.0305. The summed E-state index contributed by atoms with van der Waals surface area (Å²) in [5.74, 6) is 2.40. The third kappa shape index (κ3) is 2.77. The van der Waals surface area contributed by atoms with E-state index in [1.54, 1.807) is 11.0 Å². The minimum absolute atomic E-state index is 0.0306. The van der Waals surface area contributed by atoms with E-state index in [1.165, 1.54) is 6.33 Å². The molecule has 1 saturated heterocycles. The number of rotatable bonds is 3. The maximum atomic E-state index is 10.5. The molecule has 0 bridgehead atoms. The number of hydrogen-bond acceptors (Lipinski definition) is 6. The van der Waals surface area contributed by atoms with E-state index < -0.39 is 0 Å². The van der Waals surface area contributed by atoms with E-state index in [2.05, 4.69) is 51.2 Å². The van der Waals surface area contributed by atoms with Gasteiger partial charge in [-0.1, -0.05) is 13.8 Å². The van der Waals surface area contributed by atoms with Crippen molar-refractivity contribution in [3.05, 3.63) is 30.5 Å². The molecular weight excluding hydrogens is 304 g/mol. The quantitative estimate of drug-likeness (QED) is 0.922. The molecule has 0 amide bonds. The van der Waals surface area contributed by atoms with E-state index in [1.807, 2.05) is 0 Å². The Kier molecular flexibility index (Phi) is 3.96. The van der Waals surface area contributed by atoms with E-state index in [9.17, 15) is 5.11 Å². The molecule has 24 heavy (non-hydrogen) atoms. The van der Waals surface area contributed by atoms with Crippen molar-refractivity contribution < 1.29 is 5.11 Å². The lowest BCUT2D eigenvalue weighted by atomic mass is 9.77. The van der Waals surface area contributed by atoms with Crippen molar-refractivity contribution in [3.63, 3.8) is 0 Å².